The summed E-state index contributed by atoms with van der Waals surface area (Å²) in [5.41, 5.74) is 0. The van der Waals surface area contributed by atoms with Crippen molar-refractivity contribution in [1.29, 1.82) is 0 Å². The van der Waals surface area contributed by atoms with Crippen LogP contribution in [0, 0.1) is 5.92 Å². The first kappa shape index (κ1) is 9.48. The molecule has 3 atom stereocenters. The summed E-state index contributed by atoms with van der Waals surface area (Å²) in [5.74, 6) is -0.616. The molecule has 1 saturated heterocycles. The van der Waals surface area contributed by atoms with Gasteiger partial charge in [-0.05, 0) is 0 Å². The molecular weight excluding hydrogens is 160 g/mol. The molecule has 0 aliphatic carbocycles. The van der Waals surface area contributed by atoms with Gasteiger partial charge in [-0.3, -0.25) is 0 Å². The molecule has 0 amide bonds. The van der Waals surface area contributed by atoms with E-state index in [2.05, 4.69) is 0 Å². The van der Waals surface area contributed by atoms with Crippen LogP contribution in [0.4, 0.5) is 0 Å². The van der Waals surface area contributed by atoms with E-state index in [0.29, 0.717) is 13.0 Å². The first-order valence-electron chi connectivity index (χ1n) is 4.02. The molecule has 12 heavy (non-hydrogen) atoms. The van der Waals surface area contributed by atoms with Crippen molar-refractivity contribution in [2.24, 2.45) is 5.92 Å². The van der Waals surface area contributed by atoms with E-state index in [9.17, 15) is 4.79 Å². The second kappa shape index (κ2) is 3.87. The fourth-order valence-corrected chi connectivity index (χ4v) is 1.39. The van der Waals surface area contributed by atoms with Crippen LogP contribution in [-0.2, 0) is 14.3 Å². The summed E-state index contributed by atoms with van der Waals surface area (Å²) in [7, 11) is 1.60. The van der Waals surface area contributed by atoms with Crippen LogP contribution in [0.2, 0.25) is 0 Å². The molecule has 2 unspecified atom stereocenters. The van der Waals surface area contributed by atoms with Gasteiger partial charge in [-0.1, -0.05) is 6.92 Å². The molecule has 4 heteroatoms. The second-order valence-corrected chi connectivity index (χ2v) is 3.15. The number of carbonyl (C=O) groups is 1. The predicted octanol–water partition coefficient (Wildman–Crippen LogP) is 0.511. The van der Waals surface area contributed by atoms with E-state index in [1.807, 2.05) is 6.92 Å². The number of rotatable bonds is 2. The van der Waals surface area contributed by atoms with Crippen LogP contribution in [0.5, 0.6) is 0 Å². The molecule has 0 spiro atoms. The minimum Gasteiger partial charge on any atom is -0.479 e. The average molecular weight is 174 g/mol. The number of ether oxygens (including phenoxy) is 2. The Morgan fingerprint density at radius 1 is 1.67 bits per heavy atom. The number of hydrogen-bond donors (Lipinski definition) is 1. The highest BCUT2D eigenvalue weighted by molar-refractivity contribution is 5.72. The molecule has 1 aliphatic rings. The fourth-order valence-electron chi connectivity index (χ4n) is 1.39. The lowest BCUT2D eigenvalue weighted by Gasteiger charge is -2.31. The third kappa shape index (κ3) is 1.95. The van der Waals surface area contributed by atoms with Crippen LogP contribution in [0.25, 0.3) is 0 Å². The van der Waals surface area contributed by atoms with Crippen molar-refractivity contribution in [2.75, 3.05) is 13.7 Å². The maximum Gasteiger partial charge on any atom is 0.332 e. The molecule has 1 aliphatic heterocycles. The molecule has 1 N–H and O–H groups in total. The van der Waals surface area contributed by atoms with E-state index < -0.39 is 12.1 Å². The van der Waals surface area contributed by atoms with Gasteiger partial charge in [0.15, 0.2) is 6.10 Å². The van der Waals surface area contributed by atoms with Crippen molar-refractivity contribution < 1.29 is 19.4 Å². The zero-order valence-corrected chi connectivity index (χ0v) is 7.32. The normalized spacial score (nSPS) is 36.3. The zero-order valence-electron chi connectivity index (χ0n) is 7.32. The molecule has 70 valence electrons. The smallest absolute Gasteiger partial charge is 0.332 e. The van der Waals surface area contributed by atoms with Gasteiger partial charge < -0.3 is 14.6 Å². The van der Waals surface area contributed by atoms with Crippen molar-refractivity contribution in [3.05, 3.63) is 0 Å². The summed E-state index contributed by atoms with van der Waals surface area (Å²) in [6.07, 6.45) is -0.224. The van der Waals surface area contributed by atoms with E-state index in [1.54, 1.807) is 7.11 Å². The molecule has 0 bridgehead atoms. The summed E-state index contributed by atoms with van der Waals surface area (Å²) in [5, 5.41) is 8.66. The second-order valence-electron chi connectivity index (χ2n) is 3.15. The Kier molecular flexibility index (Phi) is 3.05. The summed E-state index contributed by atoms with van der Waals surface area (Å²) in [6.45, 7) is 2.46. The maximum absolute atomic E-state index is 10.5. The van der Waals surface area contributed by atoms with Crippen LogP contribution in [0.3, 0.4) is 0 Å². The first-order valence-corrected chi connectivity index (χ1v) is 4.02. The number of carboxylic acids is 1. The van der Waals surface area contributed by atoms with E-state index >= 15 is 0 Å². The Labute approximate surface area is 71.5 Å². The Hall–Kier alpha value is -0.610. The molecule has 0 aromatic rings. The number of methoxy groups -OCH3 is 1. The van der Waals surface area contributed by atoms with Crippen LogP contribution in [0.1, 0.15) is 13.3 Å². The molecule has 1 rings (SSSR count). The number of carboxylic acid groups (broad SMARTS) is 1. The largest absolute Gasteiger partial charge is 0.479 e. The standard InChI is InChI=1S/C8H14O4/c1-5-4-12-7(8(9)10)3-6(5)11-2/h5-7H,3-4H2,1-2H3,(H,9,10)/t5?,6-,7?/m1/s1. The molecule has 4 nitrogen and oxygen atoms in total. The lowest BCUT2D eigenvalue weighted by molar-refractivity contribution is -0.163. The van der Waals surface area contributed by atoms with E-state index in [-0.39, 0.29) is 12.0 Å². The lowest BCUT2D eigenvalue weighted by atomic mass is 9.97. The van der Waals surface area contributed by atoms with Crippen LogP contribution >= 0.6 is 0 Å². The first-order chi connectivity index (χ1) is 5.65. The van der Waals surface area contributed by atoms with Gasteiger partial charge in [0, 0.05) is 19.4 Å². The van der Waals surface area contributed by atoms with Gasteiger partial charge in [0.25, 0.3) is 0 Å². The summed E-state index contributed by atoms with van der Waals surface area (Å²) in [6, 6.07) is 0. The summed E-state index contributed by atoms with van der Waals surface area (Å²) < 4.78 is 10.2. The third-order valence-electron chi connectivity index (χ3n) is 2.22. The Morgan fingerprint density at radius 3 is 2.83 bits per heavy atom. The Bertz CT molecular complexity index is 168. The van der Waals surface area contributed by atoms with E-state index in [0.717, 1.165) is 0 Å². The van der Waals surface area contributed by atoms with Crippen LogP contribution in [0.15, 0.2) is 0 Å². The highest BCUT2D eigenvalue weighted by atomic mass is 16.5. The van der Waals surface area contributed by atoms with Gasteiger partial charge in [-0.2, -0.15) is 0 Å². The average Bonchev–Trinajstić information content (AvgIpc) is 2.05. The molecule has 1 heterocycles. The number of hydrogen-bond acceptors (Lipinski definition) is 3. The Balaban J connectivity index is 2.49. The van der Waals surface area contributed by atoms with Gasteiger partial charge in [0.2, 0.25) is 0 Å². The minimum absolute atomic E-state index is 0.0137. The SMILES string of the molecule is CO[C@@H]1CC(C(=O)O)OCC1C. The van der Waals surface area contributed by atoms with Crippen molar-refractivity contribution in [2.45, 2.75) is 25.6 Å². The topological polar surface area (TPSA) is 55.8 Å². The van der Waals surface area contributed by atoms with Crippen molar-refractivity contribution >= 4 is 5.97 Å². The van der Waals surface area contributed by atoms with Crippen molar-refractivity contribution in [3.63, 3.8) is 0 Å². The quantitative estimate of drug-likeness (QED) is 0.662. The molecule has 0 saturated carbocycles. The van der Waals surface area contributed by atoms with Crippen molar-refractivity contribution in [3.8, 4) is 0 Å². The molecule has 1 fully saturated rings. The fraction of sp³-hybridized carbons (Fsp3) is 0.875. The zero-order chi connectivity index (χ0) is 9.14. The van der Waals surface area contributed by atoms with E-state index in [4.69, 9.17) is 14.6 Å². The Morgan fingerprint density at radius 2 is 2.33 bits per heavy atom. The van der Waals surface area contributed by atoms with Crippen molar-refractivity contribution in [1.82, 2.24) is 0 Å². The molecule has 0 aromatic carbocycles. The third-order valence-corrected chi connectivity index (χ3v) is 2.22. The minimum atomic E-state index is -0.899. The van der Waals surface area contributed by atoms with Crippen LogP contribution < -0.4 is 0 Å². The predicted molar refractivity (Wildman–Crippen MR) is 42.0 cm³/mol. The molecular formula is C8H14O4. The monoisotopic (exact) mass is 174 g/mol. The van der Waals surface area contributed by atoms with Crippen LogP contribution in [-0.4, -0.2) is 37.0 Å². The molecule has 0 aromatic heterocycles. The number of aliphatic carboxylic acids is 1. The van der Waals surface area contributed by atoms with Gasteiger partial charge in [0.05, 0.1) is 12.7 Å². The maximum atomic E-state index is 10.5. The summed E-state index contributed by atoms with van der Waals surface area (Å²) >= 11 is 0. The molecule has 0 radical (unpaired) electrons. The lowest BCUT2D eigenvalue weighted by Crippen LogP contribution is -2.40. The van der Waals surface area contributed by atoms with Gasteiger partial charge in [0.1, 0.15) is 0 Å². The summed E-state index contributed by atoms with van der Waals surface area (Å²) in [4.78, 5) is 10.5. The van der Waals surface area contributed by atoms with Gasteiger partial charge in [-0.25, -0.2) is 4.79 Å². The van der Waals surface area contributed by atoms with Gasteiger partial charge in [-0.15, -0.1) is 0 Å². The highest BCUT2D eigenvalue weighted by Gasteiger charge is 2.32. The highest BCUT2D eigenvalue weighted by Crippen LogP contribution is 2.21. The van der Waals surface area contributed by atoms with Gasteiger partial charge >= 0.3 is 5.97 Å². The van der Waals surface area contributed by atoms with E-state index in [1.165, 1.54) is 0 Å².